The highest BCUT2D eigenvalue weighted by Crippen LogP contribution is 2.38. The highest BCUT2D eigenvalue weighted by molar-refractivity contribution is 7.98. The van der Waals surface area contributed by atoms with Gasteiger partial charge >= 0.3 is 0 Å². The van der Waals surface area contributed by atoms with Crippen LogP contribution in [0.4, 0.5) is 0 Å². The Labute approximate surface area is 117 Å². The number of rotatable bonds is 4. The Bertz CT molecular complexity index is 399. The lowest BCUT2D eigenvalue weighted by molar-refractivity contribution is 0.404. The zero-order valence-electron chi connectivity index (χ0n) is 11.9. The third-order valence-corrected chi connectivity index (χ3v) is 6.86. The summed E-state index contributed by atoms with van der Waals surface area (Å²) in [6, 6.07) is 0. The molecule has 19 heavy (non-hydrogen) atoms. The molecule has 0 aromatic carbocycles. The summed E-state index contributed by atoms with van der Waals surface area (Å²) in [6.07, 6.45) is 10.9. The molecule has 108 valence electrons. The molecule has 0 aliphatic heterocycles. The summed E-state index contributed by atoms with van der Waals surface area (Å²) < 4.78 is 25.3. The van der Waals surface area contributed by atoms with E-state index in [-0.39, 0.29) is 11.8 Å². The molecule has 0 amide bonds. The van der Waals surface area contributed by atoms with Crippen molar-refractivity contribution in [2.24, 2.45) is 11.8 Å². The average molecular weight is 282 g/mol. The largest absolute Gasteiger partial charge is 0.219 e. The lowest BCUT2D eigenvalue weighted by Gasteiger charge is -2.28. The van der Waals surface area contributed by atoms with Crippen molar-refractivity contribution >= 4 is 9.84 Å². The monoisotopic (exact) mass is 282 g/mol. The molecule has 0 aromatic rings. The summed E-state index contributed by atoms with van der Waals surface area (Å²) in [5.74, 6) is 0.332. The predicted molar refractivity (Wildman–Crippen MR) is 80.3 cm³/mol. The molecular formula is C16H26O2S. The fourth-order valence-electron chi connectivity index (χ4n) is 3.46. The smallest absolute Gasteiger partial charge is 0.198 e. The van der Waals surface area contributed by atoms with Crippen LogP contribution in [0.2, 0.25) is 0 Å². The standard InChI is InChI=1S/C16H26O2S/c1-13(15-9-5-3-6-10-15)19(17,18)14(2)16-11-7-4-8-12-16/h15-16H,1-12H2. The van der Waals surface area contributed by atoms with E-state index >= 15 is 0 Å². The van der Waals surface area contributed by atoms with Gasteiger partial charge in [0.25, 0.3) is 0 Å². The van der Waals surface area contributed by atoms with Gasteiger partial charge in [0.2, 0.25) is 0 Å². The molecule has 0 aromatic heterocycles. The van der Waals surface area contributed by atoms with Crippen LogP contribution in [0.3, 0.4) is 0 Å². The molecule has 0 heterocycles. The molecular weight excluding hydrogens is 256 g/mol. The van der Waals surface area contributed by atoms with Gasteiger partial charge in [0, 0.05) is 9.81 Å². The third-order valence-electron chi connectivity index (χ3n) is 4.81. The molecule has 2 fully saturated rings. The molecule has 0 spiro atoms. The van der Waals surface area contributed by atoms with Crippen molar-refractivity contribution in [3.05, 3.63) is 23.0 Å². The van der Waals surface area contributed by atoms with Gasteiger partial charge in [0.15, 0.2) is 9.84 Å². The van der Waals surface area contributed by atoms with Crippen molar-refractivity contribution in [1.29, 1.82) is 0 Å². The predicted octanol–water partition coefficient (Wildman–Crippen LogP) is 4.59. The van der Waals surface area contributed by atoms with E-state index in [9.17, 15) is 8.42 Å². The fourth-order valence-corrected chi connectivity index (χ4v) is 5.14. The van der Waals surface area contributed by atoms with Crippen LogP contribution in [-0.2, 0) is 9.84 Å². The van der Waals surface area contributed by atoms with Crippen LogP contribution in [0.25, 0.3) is 0 Å². The Kier molecular flexibility index (Phi) is 4.88. The van der Waals surface area contributed by atoms with Gasteiger partial charge in [-0.3, -0.25) is 0 Å². The molecule has 2 rings (SSSR count). The first-order valence-corrected chi connectivity index (χ1v) is 9.14. The van der Waals surface area contributed by atoms with Crippen LogP contribution in [-0.4, -0.2) is 8.42 Å². The lowest BCUT2D eigenvalue weighted by atomic mass is 9.89. The van der Waals surface area contributed by atoms with Crippen molar-refractivity contribution in [1.82, 2.24) is 0 Å². The van der Waals surface area contributed by atoms with Gasteiger partial charge in [-0.15, -0.1) is 0 Å². The molecule has 0 saturated heterocycles. The van der Waals surface area contributed by atoms with Crippen molar-refractivity contribution in [2.45, 2.75) is 64.2 Å². The van der Waals surface area contributed by atoms with Crippen LogP contribution in [0.5, 0.6) is 0 Å². The minimum atomic E-state index is -3.33. The summed E-state index contributed by atoms with van der Waals surface area (Å²) in [5, 5.41) is 0. The lowest BCUT2D eigenvalue weighted by Crippen LogP contribution is -2.21. The van der Waals surface area contributed by atoms with E-state index in [1.165, 1.54) is 12.8 Å². The summed E-state index contributed by atoms with van der Waals surface area (Å²) >= 11 is 0. The summed E-state index contributed by atoms with van der Waals surface area (Å²) in [5.41, 5.74) is 0. The number of sulfone groups is 1. The van der Waals surface area contributed by atoms with Crippen LogP contribution in [0.15, 0.2) is 23.0 Å². The minimum absolute atomic E-state index is 0.166. The van der Waals surface area contributed by atoms with Gasteiger partial charge in [-0.2, -0.15) is 0 Å². The highest BCUT2D eigenvalue weighted by Gasteiger charge is 2.32. The maximum Gasteiger partial charge on any atom is 0.198 e. The number of hydrogen-bond acceptors (Lipinski definition) is 2. The molecule has 3 heteroatoms. The normalized spacial score (nSPS) is 23.2. The van der Waals surface area contributed by atoms with Crippen molar-refractivity contribution in [3.8, 4) is 0 Å². The van der Waals surface area contributed by atoms with Crippen LogP contribution >= 0.6 is 0 Å². The van der Waals surface area contributed by atoms with E-state index in [0.717, 1.165) is 51.4 Å². The minimum Gasteiger partial charge on any atom is -0.219 e. The van der Waals surface area contributed by atoms with E-state index in [1.807, 2.05) is 0 Å². The molecule has 2 aliphatic carbocycles. The highest BCUT2D eigenvalue weighted by atomic mass is 32.2. The van der Waals surface area contributed by atoms with Gasteiger partial charge in [0.05, 0.1) is 0 Å². The van der Waals surface area contributed by atoms with Crippen molar-refractivity contribution in [2.75, 3.05) is 0 Å². The van der Waals surface area contributed by atoms with Gasteiger partial charge in [-0.25, -0.2) is 8.42 Å². The van der Waals surface area contributed by atoms with Gasteiger partial charge in [-0.05, 0) is 37.5 Å². The van der Waals surface area contributed by atoms with Crippen molar-refractivity contribution in [3.63, 3.8) is 0 Å². The average Bonchev–Trinajstić information content (AvgIpc) is 2.47. The zero-order chi connectivity index (χ0) is 13.9. The molecule has 0 bridgehead atoms. The van der Waals surface area contributed by atoms with Crippen LogP contribution < -0.4 is 0 Å². The fraction of sp³-hybridized carbons (Fsp3) is 0.750. The SMILES string of the molecule is C=C(C1CCCCC1)S(=O)(=O)C(=C)C1CCCCC1. The second-order valence-electron chi connectivity index (χ2n) is 6.11. The number of hydrogen-bond donors (Lipinski definition) is 0. The quantitative estimate of drug-likeness (QED) is 0.755. The topological polar surface area (TPSA) is 34.1 Å². The summed E-state index contributed by atoms with van der Waals surface area (Å²) in [6.45, 7) is 7.83. The first-order valence-electron chi connectivity index (χ1n) is 7.66. The van der Waals surface area contributed by atoms with E-state index in [0.29, 0.717) is 9.81 Å². The zero-order valence-corrected chi connectivity index (χ0v) is 12.7. The molecule has 2 saturated carbocycles. The van der Waals surface area contributed by atoms with Crippen LogP contribution in [0, 0.1) is 11.8 Å². The molecule has 0 unspecified atom stereocenters. The van der Waals surface area contributed by atoms with E-state index in [1.54, 1.807) is 0 Å². The first-order chi connectivity index (χ1) is 9.03. The first kappa shape index (κ1) is 14.8. The van der Waals surface area contributed by atoms with E-state index in [2.05, 4.69) is 13.2 Å². The Hall–Kier alpha value is -0.570. The second kappa shape index (κ2) is 6.25. The molecule has 2 nitrogen and oxygen atoms in total. The van der Waals surface area contributed by atoms with Crippen molar-refractivity contribution < 1.29 is 8.42 Å². The molecule has 0 radical (unpaired) electrons. The Morgan fingerprint density at radius 2 is 1.00 bits per heavy atom. The Morgan fingerprint density at radius 1 is 0.684 bits per heavy atom. The second-order valence-corrected chi connectivity index (χ2v) is 8.16. The molecule has 0 N–H and O–H groups in total. The van der Waals surface area contributed by atoms with E-state index < -0.39 is 9.84 Å². The molecule has 0 atom stereocenters. The summed E-state index contributed by atoms with van der Waals surface area (Å²) in [7, 11) is -3.33. The number of allylic oxidation sites excluding steroid dienone is 2. The Morgan fingerprint density at radius 3 is 1.32 bits per heavy atom. The maximum absolute atomic E-state index is 12.6. The Balaban J connectivity index is 2.07. The van der Waals surface area contributed by atoms with Gasteiger partial charge in [0.1, 0.15) is 0 Å². The molecule has 2 aliphatic rings. The van der Waals surface area contributed by atoms with Crippen LogP contribution in [0.1, 0.15) is 64.2 Å². The van der Waals surface area contributed by atoms with E-state index in [4.69, 9.17) is 0 Å². The summed E-state index contributed by atoms with van der Waals surface area (Å²) in [4.78, 5) is 0.894. The third kappa shape index (κ3) is 3.31. The van der Waals surface area contributed by atoms with Gasteiger partial charge in [-0.1, -0.05) is 51.7 Å². The van der Waals surface area contributed by atoms with Gasteiger partial charge < -0.3 is 0 Å². The maximum atomic E-state index is 12.6.